The number of imidazole rings is 2. The van der Waals surface area contributed by atoms with Crippen LogP contribution in [0.3, 0.4) is 0 Å². The zero-order valence-corrected chi connectivity index (χ0v) is 45.5. The molecular formula is C62H60N8O4S2+2. The van der Waals surface area contributed by atoms with Crippen LogP contribution in [0.4, 0.5) is 22.7 Å². The van der Waals surface area contributed by atoms with Crippen LogP contribution in [-0.2, 0) is 33.1 Å². The summed E-state index contributed by atoms with van der Waals surface area (Å²) in [6, 6.07) is 54.0. The van der Waals surface area contributed by atoms with Gasteiger partial charge in [-0.25, -0.2) is 26.0 Å². The topological polar surface area (TPSA) is 116 Å². The predicted octanol–water partition coefficient (Wildman–Crippen LogP) is 11.5. The SMILES string of the molecule is Cc1c(C)c(C[n+]2cn(-c3ccc(NS(=O)(=O)c4cccc5c(N(C)C)cccc45)cc3)c3ccccc32)c(C)c(C)c1C[n+]1cn(-c2ccc(NS(=O)(=O)c3cccc4c(N(C)C)cccc34)cc2)c2ccccc21. The Bertz CT molecular complexity index is 4010. The van der Waals surface area contributed by atoms with Gasteiger partial charge >= 0.3 is 0 Å². The van der Waals surface area contributed by atoms with E-state index in [1.165, 1.54) is 33.4 Å². The second-order valence-electron chi connectivity index (χ2n) is 20.0. The first-order chi connectivity index (χ1) is 36.5. The second-order valence-corrected chi connectivity index (χ2v) is 23.3. The lowest BCUT2D eigenvalue weighted by molar-refractivity contribution is -0.663. The molecule has 2 N–H and O–H groups in total. The average Bonchev–Trinajstić information content (AvgIpc) is 3.98. The number of anilines is 4. The maximum absolute atomic E-state index is 13.9. The lowest BCUT2D eigenvalue weighted by Gasteiger charge is -2.19. The van der Waals surface area contributed by atoms with Crippen LogP contribution in [0.5, 0.6) is 0 Å². The molecule has 11 rings (SSSR count). The fourth-order valence-corrected chi connectivity index (χ4v) is 13.4. The maximum atomic E-state index is 13.9. The molecule has 0 radical (unpaired) electrons. The summed E-state index contributed by atoms with van der Waals surface area (Å²) in [5.74, 6) is 0. The summed E-state index contributed by atoms with van der Waals surface area (Å²) in [6.45, 7) is 10.2. The highest BCUT2D eigenvalue weighted by atomic mass is 32.2. The Kier molecular flexibility index (Phi) is 12.7. The quantitative estimate of drug-likeness (QED) is 0.105. The number of para-hydroxylation sites is 4. The smallest absolute Gasteiger partial charge is 0.262 e. The number of sulfonamides is 2. The Balaban J connectivity index is 0.846. The van der Waals surface area contributed by atoms with Crippen molar-refractivity contribution in [3.63, 3.8) is 0 Å². The summed E-state index contributed by atoms with van der Waals surface area (Å²) in [7, 11) is -0.000993. The summed E-state index contributed by atoms with van der Waals surface area (Å²) in [6.07, 6.45) is 4.27. The molecule has 0 atom stereocenters. The third-order valence-electron chi connectivity index (χ3n) is 15.1. The van der Waals surface area contributed by atoms with Crippen LogP contribution in [-0.4, -0.2) is 54.2 Å². The van der Waals surface area contributed by atoms with Crippen molar-refractivity contribution in [2.75, 3.05) is 47.4 Å². The fourth-order valence-electron chi connectivity index (χ4n) is 10.9. The molecule has 0 fully saturated rings. The van der Waals surface area contributed by atoms with Gasteiger partial charge in [0.15, 0.2) is 22.1 Å². The Morgan fingerprint density at radius 1 is 0.408 bits per heavy atom. The Hall–Kier alpha value is -8.46. The number of hydrogen-bond acceptors (Lipinski definition) is 6. The number of nitrogens with one attached hydrogen (secondary N) is 2. The second kappa shape index (κ2) is 19.3. The summed E-state index contributed by atoms with van der Waals surface area (Å²) >= 11 is 0. The molecule has 0 spiro atoms. The van der Waals surface area contributed by atoms with E-state index in [-0.39, 0.29) is 9.79 Å². The summed E-state index contributed by atoms with van der Waals surface area (Å²) in [4.78, 5) is 4.43. The van der Waals surface area contributed by atoms with Crippen molar-refractivity contribution in [3.05, 3.63) is 216 Å². The number of rotatable bonds is 14. The van der Waals surface area contributed by atoms with E-state index in [4.69, 9.17) is 0 Å². The molecule has 76 heavy (non-hydrogen) atoms. The maximum Gasteiger partial charge on any atom is 0.262 e. The Labute approximate surface area is 444 Å². The molecule has 14 heteroatoms. The van der Waals surface area contributed by atoms with Gasteiger partial charge in [-0.1, -0.05) is 72.8 Å². The molecule has 2 aromatic heterocycles. The van der Waals surface area contributed by atoms with Gasteiger partial charge in [-0.05, 0) is 158 Å². The van der Waals surface area contributed by atoms with Crippen LogP contribution in [0.1, 0.15) is 33.4 Å². The van der Waals surface area contributed by atoms with Gasteiger partial charge in [-0.2, -0.15) is 9.13 Å². The molecule has 0 amide bonds. The largest absolute Gasteiger partial charge is 0.377 e. The number of aromatic nitrogens is 4. The van der Waals surface area contributed by atoms with Crippen LogP contribution >= 0.6 is 0 Å². The standard InChI is InChI=1S/C62H60N8O4S2/c1-41-42(2)54(38-68-40-70(60-24-12-10-22-58(60)68)48-35-31-46(32-36-48)64-76(73,74)62-28-16-18-50-52(62)20-14-26-56(50)66(7)8)44(4)43(3)53(41)37-67-39-69(59-23-11-9-21-57(59)67)47-33-29-45(30-34-47)63-75(71,72)61-27-15-17-49-51(61)19-13-25-55(49)65(5)6/h9-36,39-40,63-64H,37-38H2,1-8H3/q+2. The fraction of sp³-hybridized carbons (Fsp3) is 0.161. The van der Waals surface area contributed by atoms with Crippen molar-refractivity contribution >= 4 is 86.4 Å². The molecule has 0 aliphatic heterocycles. The van der Waals surface area contributed by atoms with Crippen LogP contribution in [0.2, 0.25) is 0 Å². The van der Waals surface area contributed by atoms with Crippen LogP contribution in [0.25, 0.3) is 55.0 Å². The van der Waals surface area contributed by atoms with E-state index in [0.29, 0.717) is 35.2 Å². The van der Waals surface area contributed by atoms with Crippen molar-refractivity contribution in [3.8, 4) is 11.4 Å². The first kappa shape index (κ1) is 49.7. The van der Waals surface area contributed by atoms with E-state index in [1.807, 2.05) is 147 Å². The van der Waals surface area contributed by atoms with Gasteiger partial charge in [0.1, 0.15) is 24.5 Å². The molecular weight excluding hydrogens is 985 g/mol. The van der Waals surface area contributed by atoms with Crippen molar-refractivity contribution in [1.82, 2.24) is 9.13 Å². The summed E-state index contributed by atoms with van der Waals surface area (Å²) < 4.78 is 70.1. The molecule has 2 heterocycles. The molecule has 0 saturated heterocycles. The highest BCUT2D eigenvalue weighted by molar-refractivity contribution is 7.93. The third kappa shape index (κ3) is 8.86. The highest BCUT2D eigenvalue weighted by Gasteiger charge is 2.26. The molecule has 0 aliphatic rings. The van der Waals surface area contributed by atoms with E-state index in [0.717, 1.165) is 55.6 Å². The zero-order chi connectivity index (χ0) is 53.2. The number of nitrogens with zero attached hydrogens (tertiary/aromatic N) is 6. The minimum atomic E-state index is -3.90. The Morgan fingerprint density at radius 3 is 1.12 bits per heavy atom. The third-order valence-corrected chi connectivity index (χ3v) is 17.9. The molecule has 9 aromatic carbocycles. The first-order valence-electron chi connectivity index (χ1n) is 25.2. The van der Waals surface area contributed by atoms with Crippen molar-refractivity contribution in [1.29, 1.82) is 0 Å². The average molecular weight is 1050 g/mol. The van der Waals surface area contributed by atoms with E-state index >= 15 is 0 Å². The van der Waals surface area contributed by atoms with Gasteiger partial charge in [0.25, 0.3) is 20.0 Å². The van der Waals surface area contributed by atoms with Gasteiger partial charge in [-0.15, -0.1) is 0 Å². The lowest BCUT2D eigenvalue weighted by atomic mass is 9.88. The van der Waals surface area contributed by atoms with Crippen LogP contribution in [0, 0.1) is 27.7 Å². The molecule has 0 bridgehead atoms. The number of benzene rings is 9. The van der Waals surface area contributed by atoms with Crippen LogP contribution < -0.4 is 28.4 Å². The molecule has 0 aliphatic carbocycles. The van der Waals surface area contributed by atoms with E-state index < -0.39 is 20.0 Å². The van der Waals surface area contributed by atoms with Crippen molar-refractivity contribution < 1.29 is 26.0 Å². The van der Waals surface area contributed by atoms with E-state index in [2.05, 4.69) is 104 Å². The molecule has 0 saturated carbocycles. The predicted molar refractivity (Wildman–Crippen MR) is 309 cm³/mol. The molecule has 11 aromatic rings. The van der Waals surface area contributed by atoms with Crippen molar-refractivity contribution in [2.45, 2.75) is 50.6 Å². The molecule has 0 unspecified atom stereocenters. The van der Waals surface area contributed by atoms with Gasteiger partial charge in [0.2, 0.25) is 12.7 Å². The van der Waals surface area contributed by atoms with Gasteiger partial charge in [0.05, 0.1) is 9.79 Å². The first-order valence-corrected chi connectivity index (χ1v) is 28.2. The zero-order valence-electron chi connectivity index (χ0n) is 43.9. The highest BCUT2D eigenvalue weighted by Crippen LogP contribution is 2.34. The minimum Gasteiger partial charge on any atom is -0.377 e. The van der Waals surface area contributed by atoms with Gasteiger partial charge < -0.3 is 9.80 Å². The summed E-state index contributed by atoms with van der Waals surface area (Å²) in [5.41, 5.74) is 16.4. The summed E-state index contributed by atoms with van der Waals surface area (Å²) in [5, 5.41) is 3.07. The minimum absolute atomic E-state index is 0.230. The van der Waals surface area contributed by atoms with Crippen LogP contribution in [0.15, 0.2) is 192 Å². The molecule has 382 valence electrons. The van der Waals surface area contributed by atoms with Gasteiger partial charge in [-0.3, -0.25) is 9.44 Å². The Morgan fingerprint density at radius 2 is 0.750 bits per heavy atom. The lowest BCUT2D eigenvalue weighted by Crippen LogP contribution is -2.35. The normalized spacial score (nSPS) is 12.0. The molecule has 12 nitrogen and oxygen atoms in total. The van der Waals surface area contributed by atoms with E-state index in [9.17, 15) is 16.8 Å². The van der Waals surface area contributed by atoms with Crippen molar-refractivity contribution in [2.24, 2.45) is 0 Å². The van der Waals surface area contributed by atoms with E-state index in [1.54, 1.807) is 24.3 Å². The van der Waals surface area contributed by atoms with Gasteiger partial charge in [0, 0.05) is 72.5 Å². The number of fused-ring (bicyclic) bond motifs is 4. The monoisotopic (exact) mass is 1040 g/mol. The number of hydrogen-bond donors (Lipinski definition) is 2.